The van der Waals surface area contributed by atoms with Crippen molar-refractivity contribution >= 4 is 5.91 Å². The van der Waals surface area contributed by atoms with Crippen LogP contribution in [0.15, 0.2) is 0 Å². The Morgan fingerprint density at radius 1 is 1.18 bits per heavy atom. The molecule has 98 valence electrons. The Bertz CT molecular complexity index is 247. The summed E-state index contributed by atoms with van der Waals surface area (Å²) in [6.07, 6.45) is 8.46. The molecule has 2 aliphatic rings. The molecular weight excluding hydrogens is 214 g/mol. The molecule has 0 aromatic rings. The Kier molecular flexibility index (Phi) is 4.84. The fourth-order valence-electron chi connectivity index (χ4n) is 3.19. The van der Waals surface area contributed by atoms with Crippen LogP contribution in [-0.4, -0.2) is 37.6 Å². The highest BCUT2D eigenvalue weighted by molar-refractivity contribution is 5.79. The molecule has 3 heteroatoms. The van der Waals surface area contributed by atoms with E-state index < -0.39 is 0 Å². The highest BCUT2D eigenvalue weighted by atomic mass is 16.5. The molecule has 1 saturated heterocycles. The van der Waals surface area contributed by atoms with Crippen LogP contribution in [0.25, 0.3) is 0 Å². The van der Waals surface area contributed by atoms with Crippen molar-refractivity contribution in [1.82, 2.24) is 4.90 Å². The molecule has 0 unspecified atom stereocenters. The lowest BCUT2D eigenvalue weighted by molar-refractivity contribution is -0.135. The maximum atomic E-state index is 12.4. The van der Waals surface area contributed by atoms with Gasteiger partial charge in [-0.2, -0.15) is 0 Å². The standard InChI is InChI=1S/C14H25NO2/c1-17-11-12-8-9-15(10-12)14(16)13-6-4-2-3-5-7-13/h12-13H,2-11H2,1H3/t12-/m0/s1. The molecule has 0 aromatic carbocycles. The van der Waals surface area contributed by atoms with E-state index in [0.717, 1.165) is 39.0 Å². The lowest BCUT2D eigenvalue weighted by Crippen LogP contribution is -2.34. The van der Waals surface area contributed by atoms with Crippen LogP contribution >= 0.6 is 0 Å². The minimum absolute atomic E-state index is 0.318. The van der Waals surface area contributed by atoms with Crippen molar-refractivity contribution in [3.8, 4) is 0 Å². The van der Waals surface area contributed by atoms with E-state index in [4.69, 9.17) is 4.74 Å². The van der Waals surface area contributed by atoms with Gasteiger partial charge < -0.3 is 9.64 Å². The van der Waals surface area contributed by atoms with Gasteiger partial charge in [0.1, 0.15) is 0 Å². The first-order valence-electron chi connectivity index (χ1n) is 7.09. The number of hydrogen-bond donors (Lipinski definition) is 0. The number of likely N-dealkylation sites (tertiary alicyclic amines) is 1. The van der Waals surface area contributed by atoms with Gasteiger partial charge in [-0.15, -0.1) is 0 Å². The van der Waals surface area contributed by atoms with E-state index in [2.05, 4.69) is 4.90 Å². The lowest BCUT2D eigenvalue weighted by atomic mass is 9.99. The van der Waals surface area contributed by atoms with Crippen LogP contribution in [0.1, 0.15) is 44.9 Å². The minimum Gasteiger partial charge on any atom is -0.384 e. The van der Waals surface area contributed by atoms with E-state index >= 15 is 0 Å². The van der Waals surface area contributed by atoms with E-state index in [0.29, 0.717) is 17.7 Å². The minimum atomic E-state index is 0.318. The molecule has 0 aromatic heterocycles. The predicted octanol–water partition coefficient (Wildman–Crippen LogP) is 2.45. The maximum absolute atomic E-state index is 12.4. The zero-order valence-electron chi connectivity index (χ0n) is 11.0. The summed E-state index contributed by atoms with van der Waals surface area (Å²) in [5.74, 6) is 1.30. The molecule has 2 rings (SSSR count). The van der Waals surface area contributed by atoms with E-state index in [1.54, 1.807) is 7.11 Å². The topological polar surface area (TPSA) is 29.5 Å². The van der Waals surface area contributed by atoms with Gasteiger partial charge in [0.25, 0.3) is 0 Å². The van der Waals surface area contributed by atoms with E-state index in [9.17, 15) is 4.79 Å². The van der Waals surface area contributed by atoms with Crippen LogP contribution in [-0.2, 0) is 9.53 Å². The number of hydrogen-bond acceptors (Lipinski definition) is 2. The third-order valence-corrected chi connectivity index (χ3v) is 4.20. The fourth-order valence-corrected chi connectivity index (χ4v) is 3.19. The van der Waals surface area contributed by atoms with Gasteiger partial charge in [-0.05, 0) is 19.3 Å². The van der Waals surface area contributed by atoms with Crippen molar-refractivity contribution in [2.45, 2.75) is 44.9 Å². The Balaban J connectivity index is 1.83. The third-order valence-electron chi connectivity index (χ3n) is 4.20. The van der Waals surface area contributed by atoms with Crippen molar-refractivity contribution < 1.29 is 9.53 Å². The summed E-state index contributed by atoms with van der Waals surface area (Å²) in [7, 11) is 1.75. The highest BCUT2D eigenvalue weighted by Crippen LogP contribution is 2.27. The second-order valence-electron chi connectivity index (χ2n) is 5.58. The molecule has 1 aliphatic heterocycles. The van der Waals surface area contributed by atoms with Crippen LogP contribution in [0.3, 0.4) is 0 Å². The van der Waals surface area contributed by atoms with Gasteiger partial charge in [-0.3, -0.25) is 4.79 Å². The Morgan fingerprint density at radius 2 is 1.88 bits per heavy atom. The Hall–Kier alpha value is -0.570. The molecule has 1 amide bonds. The number of amides is 1. The number of carbonyl (C=O) groups excluding carboxylic acids is 1. The summed E-state index contributed by atoms with van der Waals surface area (Å²) in [4.78, 5) is 14.5. The summed E-state index contributed by atoms with van der Waals surface area (Å²) < 4.78 is 5.18. The fraction of sp³-hybridized carbons (Fsp3) is 0.929. The molecule has 0 bridgehead atoms. The lowest BCUT2D eigenvalue weighted by Gasteiger charge is -2.22. The first-order valence-corrected chi connectivity index (χ1v) is 7.09. The molecule has 1 aliphatic carbocycles. The van der Waals surface area contributed by atoms with Crippen LogP contribution in [0.2, 0.25) is 0 Å². The molecule has 0 radical (unpaired) electrons. The smallest absolute Gasteiger partial charge is 0.225 e. The largest absolute Gasteiger partial charge is 0.384 e. The number of ether oxygens (including phenoxy) is 1. The zero-order valence-corrected chi connectivity index (χ0v) is 11.0. The SMILES string of the molecule is COC[C@H]1CCN(C(=O)C2CCCCCC2)C1. The first-order chi connectivity index (χ1) is 8.31. The van der Waals surface area contributed by atoms with Crippen molar-refractivity contribution in [1.29, 1.82) is 0 Å². The summed E-state index contributed by atoms with van der Waals surface area (Å²) >= 11 is 0. The summed E-state index contributed by atoms with van der Waals surface area (Å²) in [6.45, 7) is 2.67. The van der Waals surface area contributed by atoms with Crippen LogP contribution < -0.4 is 0 Å². The molecule has 0 spiro atoms. The Labute approximate surface area is 105 Å². The third kappa shape index (κ3) is 3.44. The molecule has 0 N–H and O–H groups in total. The van der Waals surface area contributed by atoms with Gasteiger partial charge in [-0.25, -0.2) is 0 Å². The maximum Gasteiger partial charge on any atom is 0.225 e. The average molecular weight is 239 g/mol. The second-order valence-corrected chi connectivity index (χ2v) is 5.58. The van der Waals surface area contributed by atoms with Crippen LogP contribution in [0.4, 0.5) is 0 Å². The molecule has 3 nitrogen and oxygen atoms in total. The molecule has 1 saturated carbocycles. The van der Waals surface area contributed by atoms with Gasteiger partial charge in [0.15, 0.2) is 0 Å². The zero-order chi connectivity index (χ0) is 12.1. The summed E-state index contributed by atoms with van der Waals surface area (Å²) in [5.41, 5.74) is 0. The van der Waals surface area contributed by atoms with Gasteiger partial charge in [0.2, 0.25) is 5.91 Å². The van der Waals surface area contributed by atoms with E-state index in [1.807, 2.05) is 0 Å². The molecular formula is C14H25NO2. The second kappa shape index (κ2) is 6.39. The first kappa shape index (κ1) is 12.9. The van der Waals surface area contributed by atoms with Gasteiger partial charge in [0.05, 0.1) is 6.61 Å². The van der Waals surface area contributed by atoms with E-state index in [-0.39, 0.29) is 0 Å². The Morgan fingerprint density at radius 3 is 2.53 bits per heavy atom. The highest BCUT2D eigenvalue weighted by Gasteiger charge is 2.30. The quantitative estimate of drug-likeness (QED) is 0.708. The predicted molar refractivity (Wildman–Crippen MR) is 67.8 cm³/mol. The van der Waals surface area contributed by atoms with Crippen molar-refractivity contribution in [2.75, 3.05) is 26.8 Å². The van der Waals surface area contributed by atoms with Crippen molar-refractivity contribution in [2.24, 2.45) is 11.8 Å². The number of nitrogens with zero attached hydrogens (tertiary/aromatic N) is 1. The number of carbonyl (C=O) groups is 1. The van der Waals surface area contributed by atoms with Gasteiger partial charge in [-0.1, -0.05) is 25.7 Å². The van der Waals surface area contributed by atoms with Crippen LogP contribution in [0, 0.1) is 11.8 Å². The number of methoxy groups -OCH3 is 1. The summed E-state index contributed by atoms with van der Waals surface area (Å²) in [5, 5.41) is 0. The molecule has 1 heterocycles. The van der Waals surface area contributed by atoms with Crippen molar-refractivity contribution in [3.05, 3.63) is 0 Å². The summed E-state index contributed by atoms with van der Waals surface area (Å²) in [6, 6.07) is 0. The van der Waals surface area contributed by atoms with Crippen molar-refractivity contribution in [3.63, 3.8) is 0 Å². The number of rotatable bonds is 3. The monoisotopic (exact) mass is 239 g/mol. The van der Waals surface area contributed by atoms with Crippen LogP contribution in [0.5, 0.6) is 0 Å². The average Bonchev–Trinajstić information content (AvgIpc) is 2.64. The van der Waals surface area contributed by atoms with E-state index in [1.165, 1.54) is 25.7 Å². The van der Waals surface area contributed by atoms with Gasteiger partial charge >= 0.3 is 0 Å². The molecule has 1 atom stereocenters. The normalized spacial score (nSPS) is 27.1. The van der Waals surface area contributed by atoms with Gasteiger partial charge in [0, 0.05) is 32.0 Å². The molecule has 2 fully saturated rings. The molecule has 17 heavy (non-hydrogen) atoms.